The molecule has 0 aromatic carbocycles. The number of hydrogen-bond donors (Lipinski definition) is 4. The van der Waals surface area contributed by atoms with Gasteiger partial charge in [0.05, 0.1) is 6.16 Å². The molecule has 7 nitrogen and oxygen atoms in total. The van der Waals surface area contributed by atoms with Crippen molar-refractivity contribution in [3.05, 3.63) is 0 Å². The van der Waals surface area contributed by atoms with E-state index in [1.54, 1.807) is 0 Å². The van der Waals surface area contributed by atoms with Gasteiger partial charge in [-0.25, -0.2) is 12.8 Å². The van der Waals surface area contributed by atoms with Crippen molar-refractivity contribution in [3.63, 3.8) is 0 Å². The molecule has 0 spiro atoms. The monoisotopic (exact) mass is 368 g/mol. The SMILES string of the molecule is CC(CP(=O)(O)OBr)[C@](N)(NBr)C(=O)O. The van der Waals surface area contributed by atoms with Crippen LogP contribution in [-0.4, -0.2) is 27.8 Å². The predicted octanol–water partition coefficient (Wildman–Crippen LogP) is 0.774. The third-order valence-electron chi connectivity index (χ3n) is 1.90. The van der Waals surface area contributed by atoms with Crippen LogP contribution in [0.4, 0.5) is 0 Å². The highest BCUT2D eigenvalue weighted by molar-refractivity contribution is 9.08. The summed E-state index contributed by atoms with van der Waals surface area (Å²) in [6.45, 7) is 1.41. The van der Waals surface area contributed by atoms with Gasteiger partial charge in [-0.3, -0.25) is 4.57 Å². The van der Waals surface area contributed by atoms with Crippen LogP contribution in [0.25, 0.3) is 0 Å². The molecule has 15 heavy (non-hydrogen) atoms. The Morgan fingerprint density at radius 1 is 1.80 bits per heavy atom. The summed E-state index contributed by atoms with van der Waals surface area (Å²) in [5, 5.41) is 8.83. The van der Waals surface area contributed by atoms with Crippen molar-refractivity contribution in [1.29, 1.82) is 0 Å². The molecule has 5 N–H and O–H groups in total. The fourth-order valence-electron chi connectivity index (χ4n) is 0.863. The lowest BCUT2D eigenvalue weighted by Crippen LogP contribution is -2.61. The standard InChI is InChI=1S/C5H11Br2N2O5P/c1-3(2-15(12,13)14-7)5(8,9-6)4(10)11/h3,9H,2,8H2,1H3,(H,10,11)(H,12,13)/t3?,5-/m0/s1. The summed E-state index contributed by atoms with van der Waals surface area (Å²) in [6, 6.07) is 0. The average molecular weight is 370 g/mol. The molecule has 0 rings (SSSR count). The second-order valence-electron chi connectivity index (χ2n) is 3.06. The Morgan fingerprint density at radius 3 is 2.53 bits per heavy atom. The van der Waals surface area contributed by atoms with Gasteiger partial charge in [0, 0.05) is 22.1 Å². The third-order valence-corrected chi connectivity index (χ3v) is 5.14. The molecule has 0 saturated heterocycles. The van der Waals surface area contributed by atoms with E-state index in [1.165, 1.54) is 6.92 Å². The number of rotatable bonds is 6. The Morgan fingerprint density at radius 2 is 2.27 bits per heavy atom. The zero-order chi connectivity index (χ0) is 12.3. The van der Waals surface area contributed by atoms with Gasteiger partial charge in [-0.15, -0.1) is 0 Å². The first-order valence-electron chi connectivity index (χ1n) is 3.72. The van der Waals surface area contributed by atoms with Gasteiger partial charge in [0.2, 0.25) is 0 Å². The average Bonchev–Trinajstić information content (AvgIpc) is 2.15. The minimum Gasteiger partial charge on any atom is -0.479 e. The van der Waals surface area contributed by atoms with Gasteiger partial charge in [0.25, 0.3) is 0 Å². The van der Waals surface area contributed by atoms with E-state index < -0.39 is 31.3 Å². The van der Waals surface area contributed by atoms with Gasteiger partial charge in [-0.2, -0.15) is 0 Å². The smallest absolute Gasteiger partial charge is 0.339 e. The highest BCUT2D eigenvalue weighted by Crippen LogP contribution is 2.46. The number of carboxylic acid groups (broad SMARTS) is 1. The van der Waals surface area contributed by atoms with Crippen molar-refractivity contribution in [2.24, 2.45) is 11.7 Å². The van der Waals surface area contributed by atoms with Gasteiger partial charge < -0.3 is 15.7 Å². The summed E-state index contributed by atoms with van der Waals surface area (Å²) in [4.78, 5) is 20.0. The van der Waals surface area contributed by atoms with Crippen LogP contribution in [0.15, 0.2) is 0 Å². The molecule has 0 heterocycles. The minimum absolute atomic E-state index is 0.403. The Hall–Kier alpha value is 0.500. The highest BCUT2D eigenvalue weighted by atomic mass is 79.9. The summed E-state index contributed by atoms with van der Waals surface area (Å²) < 4.78 is 17.5. The molecule has 0 aliphatic heterocycles. The molecule has 0 bridgehead atoms. The molecule has 0 radical (unpaired) electrons. The first kappa shape index (κ1) is 15.5. The molecule has 0 aromatic rings. The maximum absolute atomic E-state index is 11.2. The van der Waals surface area contributed by atoms with Crippen molar-refractivity contribution >= 4 is 46.0 Å². The van der Waals surface area contributed by atoms with Crippen molar-refractivity contribution in [1.82, 2.24) is 4.34 Å². The third kappa shape index (κ3) is 4.10. The topological polar surface area (TPSA) is 122 Å². The summed E-state index contributed by atoms with van der Waals surface area (Å²) in [7, 11) is -3.87. The second kappa shape index (κ2) is 5.72. The Bertz CT molecular complexity index is 291. The highest BCUT2D eigenvalue weighted by Gasteiger charge is 2.42. The number of nitrogens with two attached hydrogens (primary N) is 1. The summed E-state index contributed by atoms with van der Waals surface area (Å²) in [6.07, 6.45) is -0.403. The van der Waals surface area contributed by atoms with Crippen LogP contribution >= 0.6 is 40.0 Å². The molecule has 0 amide bonds. The molecular formula is C5H11Br2N2O5P. The van der Waals surface area contributed by atoms with Crippen molar-refractivity contribution < 1.29 is 23.0 Å². The number of hydrogen-bond acceptors (Lipinski definition) is 5. The van der Waals surface area contributed by atoms with Gasteiger partial charge >= 0.3 is 13.6 Å². The molecule has 10 heteroatoms. The van der Waals surface area contributed by atoms with Crippen molar-refractivity contribution in [2.45, 2.75) is 12.6 Å². The van der Waals surface area contributed by atoms with Gasteiger partial charge in [-0.05, 0) is 0 Å². The van der Waals surface area contributed by atoms with E-state index in [4.69, 9.17) is 15.7 Å². The molecule has 0 aliphatic carbocycles. The predicted molar refractivity (Wildman–Crippen MR) is 60.5 cm³/mol. The summed E-state index contributed by atoms with van der Waals surface area (Å²) in [5.41, 5.74) is 3.64. The van der Waals surface area contributed by atoms with Crippen LogP contribution < -0.4 is 10.1 Å². The molecule has 0 aromatic heterocycles. The fraction of sp³-hybridized carbons (Fsp3) is 0.800. The van der Waals surface area contributed by atoms with E-state index >= 15 is 0 Å². The number of halogens is 2. The van der Waals surface area contributed by atoms with E-state index in [2.05, 4.69) is 40.4 Å². The normalized spacial score (nSPS) is 21.4. The van der Waals surface area contributed by atoms with E-state index in [0.717, 1.165) is 0 Å². The maximum Gasteiger partial charge on any atom is 0.339 e. The fourth-order valence-corrected chi connectivity index (χ4v) is 2.81. The number of nitrogens with one attached hydrogen (secondary N) is 1. The van der Waals surface area contributed by atoms with Crippen LogP contribution in [0.2, 0.25) is 0 Å². The van der Waals surface area contributed by atoms with Gasteiger partial charge in [-0.1, -0.05) is 6.92 Å². The lowest BCUT2D eigenvalue weighted by molar-refractivity contribution is -0.145. The van der Waals surface area contributed by atoms with Crippen molar-refractivity contribution in [2.75, 3.05) is 6.16 Å². The van der Waals surface area contributed by atoms with Gasteiger partial charge in [0.15, 0.2) is 5.66 Å². The minimum atomic E-state index is -3.87. The van der Waals surface area contributed by atoms with Crippen LogP contribution in [0.1, 0.15) is 6.92 Å². The maximum atomic E-state index is 11.2. The Labute approximate surface area is 104 Å². The summed E-state index contributed by atoms with van der Waals surface area (Å²) >= 11 is 5.11. The largest absolute Gasteiger partial charge is 0.479 e. The first-order valence-corrected chi connectivity index (χ1v) is 6.92. The van der Waals surface area contributed by atoms with Crippen LogP contribution in [0, 0.1) is 5.92 Å². The molecule has 0 saturated carbocycles. The zero-order valence-electron chi connectivity index (χ0n) is 7.68. The van der Waals surface area contributed by atoms with Crippen molar-refractivity contribution in [3.8, 4) is 0 Å². The van der Waals surface area contributed by atoms with E-state index in [9.17, 15) is 9.36 Å². The number of carboxylic acids is 1. The number of aliphatic carboxylic acids is 1. The number of carbonyl (C=O) groups is 1. The molecule has 2 unspecified atom stereocenters. The molecule has 0 aliphatic rings. The first-order chi connectivity index (χ1) is 6.69. The van der Waals surface area contributed by atoms with E-state index in [-0.39, 0.29) is 0 Å². The van der Waals surface area contributed by atoms with Crippen LogP contribution in [0.5, 0.6) is 0 Å². The quantitative estimate of drug-likeness (QED) is 0.310. The van der Waals surface area contributed by atoms with Gasteiger partial charge in [0.1, 0.15) is 16.3 Å². The van der Waals surface area contributed by atoms with E-state index in [1.807, 2.05) is 0 Å². The second-order valence-corrected chi connectivity index (χ2v) is 6.10. The Kier molecular flexibility index (Phi) is 5.91. The lowest BCUT2D eigenvalue weighted by atomic mass is 9.98. The molecule has 3 atom stereocenters. The van der Waals surface area contributed by atoms with Crippen LogP contribution in [-0.2, 0) is 13.0 Å². The molecular weight excluding hydrogens is 359 g/mol. The summed E-state index contributed by atoms with van der Waals surface area (Å²) in [5.74, 6) is -2.18. The van der Waals surface area contributed by atoms with Crippen LogP contribution in [0.3, 0.4) is 0 Å². The Balaban J connectivity index is 4.76. The lowest BCUT2D eigenvalue weighted by Gasteiger charge is -2.29. The molecule has 90 valence electrons. The molecule has 0 fully saturated rings. The zero-order valence-corrected chi connectivity index (χ0v) is 11.8. The van der Waals surface area contributed by atoms with E-state index in [0.29, 0.717) is 0 Å².